The molecule has 1 fully saturated rings. The Bertz CT molecular complexity index is 653. The van der Waals surface area contributed by atoms with Gasteiger partial charge >= 0.3 is 0 Å². The predicted octanol–water partition coefficient (Wildman–Crippen LogP) is 3.15. The minimum absolute atomic E-state index is 0.0153. The van der Waals surface area contributed by atoms with Crippen molar-refractivity contribution in [3.63, 3.8) is 0 Å². The zero-order valence-corrected chi connectivity index (χ0v) is 12.9. The van der Waals surface area contributed by atoms with Gasteiger partial charge in [0.05, 0.1) is 6.26 Å². The molecule has 1 aliphatic rings. The highest BCUT2D eigenvalue weighted by molar-refractivity contribution is 5.83. The number of furan rings is 1. The topological polar surface area (TPSA) is 62.5 Å². The summed E-state index contributed by atoms with van der Waals surface area (Å²) < 4.78 is 18.1. The molecule has 122 valence electrons. The van der Waals surface area contributed by atoms with E-state index in [2.05, 4.69) is 5.32 Å². The Balaban J connectivity index is 1.49. The van der Waals surface area contributed by atoms with Crippen molar-refractivity contribution in [1.82, 2.24) is 5.32 Å². The van der Waals surface area contributed by atoms with Gasteiger partial charge in [0.2, 0.25) is 5.91 Å². The van der Waals surface area contributed by atoms with E-state index in [1.54, 1.807) is 24.3 Å². The molecule has 0 radical (unpaired) electrons. The molecule has 1 aliphatic carbocycles. The van der Waals surface area contributed by atoms with Crippen molar-refractivity contribution >= 4 is 5.91 Å². The summed E-state index contributed by atoms with van der Waals surface area (Å²) in [7, 11) is 0. The average Bonchev–Trinajstić information content (AvgIpc) is 3.12. The van der Waals surface area contributed by atoms with E-state index in [0.717, 1.165) is 12.0 Å². The lowest BCUT2D eigenvalue weighted by atomic mass is 10.1. The molecule has 4 atom stereocenters. The van der Waals surface area contributed by atoms with Crippen LogP contribution in [0.3, 0.4) is 0 Å². The molecular formula is C18H20FNO3. The maximum atomic E-state index is 12.9. The minimum atomic E-state index is -0.729. The number of rotatable bonds is 6. The molecule has 23 heavy (non-hydrogen) atoms. The van der Waals surface area contributed by atoms with Gasteiger partial charge in [-0.05, 0) is 49.1 Å². The van der Waals surface area contributed by atoms with Crippen LogP contribution < -0.4 is 5.32 Å². The van der Waals surface area contributed by atoms with Crippen molar-refractivity contribution in [2.24, 2.45) is 5.92 Å². The number of carbonyl (C=O) groups is 1. The van der Waals surface area contributed by atoms with Crippen LogP contribution in [-0.4, -0.2) is 17.1 Å². The SMILES string of the molecule is CC(CC(O)c1ccco1)NC(=O)C1CC1c1ccc(F)cc1. The molecule has 1 aromatic carbocycles. The number of hydrogen-bond donors (Lipinski definition) is 2. The summed E-state index contributed by atoms with van der Waals surface area (Å²) in [5.41, 5.74) is 0.995. The van der Waals surface area contributed by atoms with Crippen LogP contribution in [0.25, 0.3) is 0 Å². The molecule has 4 unspecified atom stereocenters. The lowest BCUT2D eigenvalue weighted by molar-refractivity contribution is -0.123. The summed E-state index contributed by atoms with van der Waals surface area (Å²) in [6, 6.07) is 9.59. The monoisotopic (exact) mass is 317 g/mol. The van der Waals surface area contributed by atoms with Crippen LogP contribution in [0, 0.1) is 11.7 Å². The van der Waals surface area contributed by atoms with Gasteiger partial charge in [0.1, 0.15) is 17.7 Å². The third kappa shape index (κ3) is 3.79. The summed E-state index contributed by atoms with van der Waals surface area (Å²) in [6.45, 7) is 1.86. The Morgan fingerprint density at radius 2 is 2.13 bits per heavy atom. The Kier molecular flexibility index (Phi) is 4.48. The molecule has 0 aliphatic heterocycles. The van der Waals surface area contributed by atoms with Crippen LogP contribution in [0.5, 0.6) is 0 Å². The van der Waals surface area contributed by atoms with Crippen LogP contribution in [-0.2, 0) is 4.79 Å². The van der Waals surface area contributed by atoms with Crippen molar-refractivity contribution in [1.29, 1.82) is 0 Å². The van der Waals surface area contributed by atoms with Crippen molar-refractivity contribution < 1.29 is 18.7 Å². The number of nitrogens with one attached hydrogen (secondary N) is 1. The van der Waals surface area contributed by atoms with Crippen molar-refractivity contribution in [2.75, 3.05) is 0 Å². The van der Waals surface area contributed by atoms with Gasteiger partial charge in [-0.1, -0.05) is 12.1 Å². The first kappa shape index (κ1) is 15.7. The predicted molar refractivity (Wildman–Crippen MR) is 83.1 cm³/mol. The summed E-state index contributed by atoms with van der Waals surface area (Å²) >= 11 is 0. The molecule has 1 amide bonds. The largest absolute Gasteiger partial charge is 0.467 e. The number of amides is 1. The fourth-order valence-corrected chi connectivity index (χ4v) is 2.90. The number of halogens is 1. The van der Waals surface area contributed by atoms with E-state index in [1.807, 2.05) is 6.92 Å². The van der Waals surface area contributed by atoms with Crippen LogP contribution in [0.2, 0.25) is 0 Å². The molecule has 2 aromatic rings. The number of hydrogen-bond acceptors (Lipinski definition) is 3. The van der Waals surface area contributed by atoms with Crippen LogP contribution in [0.15, 0.2) is 47.1 Å². The quantitative estimate of drug-likeness (QED) is 0.860. The van der Waals surface area contributed by atoms with Gasteiger partial charge in [0, 0.05) is 18.4 Å². The second-order valence-electron chi connectivity index (χ2n) is 6.18. The van der Waals surface area contributed by atoms with E-state index in [9.17, 15) is 14.3 Å². The molecule has 2 N–H and O–H groups in total. The molecule has 1 aromatic heterocycles. The maximum Gasteiger partial charge on any atom is 0.223 e. The summed E-state index contributed by atoms with van der Waals surface area (Å²) in [5, 5.41) is 13.0. The Morgan fingerprint density at radius 1 is 1.39 bits per heavy atom. The van der Waals surface area contributed by atoms with Gasteiger partial charge in [-0.2, -0.15) is 0 Å². The molecule has 3 rings (SSSR count). The van der Waals surface area contributed by atoms with E-state index in [-0.39, 0.29) is 29.6 Å². The highest BCUT2D eigenvalue weighted by Gasteiger charge is 2.44. The zero-order chi connectivity index (χ0) is 16.4. The normalized spacial score (nSPS) is 22.4. The van der Waals surface area contributed by atoms with Gasteiger partial charge in [-0.25, -0.2) is 4.39 Å². The number of carbonyl (C=O) groups excluding carboxylic acids is 1. The van der Waals surface area contributed by atoms with E-state index in [4.69, 9.17) is 4.42 Å². The van der Waals surface area contributed by atoms with Gasteiger partial charge in [0.25, 0.3) is 0 Å². The molecule has 1 heterocycles. The fourth-order valence-electron chi connectivity index (χ4n) is 2.90. The smallest absolute Gasteiger partial charge is 0.223 e. The van der Waals surface area contributed by atoms with Gasteiger partial charge in [-0.15, -0.1) is 0 Å². The Morgan fingerprint density at radius 3 is 2.78 bits per heavy atom. The fraction of sp³-hybridized carbons (Fsp3) is 0.389. The average molecular weight is 317 g/mol. The van der Waals surface area contributed by atoms with E-state index >= 15 is 0 Å². The maximum absolute atomic E-state index is 12.9. The summed E-state index contributed by atoms with van der Waals surface area (Å²) in [5.74, 6) is 0.317. The van der Waals surface area contributed by atoms with Gasteiger partial charge in [0.15, 0.2) is 0 Å². The molecule has 0 spiro atoms. The summed E-state index contributed by atoms with van der Waals surface area (Å²) in [6.07, 6.45) is 1.96. The van der Waals surface area contributed by atoms with Crippen LogP contribution >= 0.6 is 0 Å². The lowest BCUT2D eigenvalue weighted by Gasteiger charge is -2.16. The third-order valence-electron chi connectivity index (χ3n) is 4.26. The van der Waals surface area contributed by atoms with E-state index in [1.165, 1.54) is 18.4 Å². The molecule has 0 bridgehead atoms. The summed E-state index contributed by atoms with van der Waals surface area (Å²) in [4.78, 5) is 12.2. The third-order valence-corrected chi connectivity index (χ3v) is 4.26. The molecule has 5 heteroatoms. The number of aliphatic hydroxyl groups excluding tert-OH is 1. The highest BCUT2D eigenvalue weighted by Crippen LogP contribution is 2.47. The number of benzene rings is 1. The Hall–Kier alpha value is -2.14. The first-order valence-electron chi connectivity index (χ1n) is 7.82. The standard InChI is InChI=1S/C18H20FNO3/c1-11(9-16(21)17-3-2-8-23-17)20-18(22)15-10-14(15)12-4-6-13(19)7-5-12/h2-8,11,14-16,21H,9-10H2,1H3,(H,20,22). The molecular weight excluding hydrogens is 297 g/mol. The second kappa shape index (κ2) is 6.54. The van der Waals surface area contributed by atoms with Crippen LogP contribution in [0.4, 0.5) is 4.39 Å². The lowest BCUT2D eigenvalue weighted by Crippen LogP contribution is -2.35. The first-order valence-corrected chi connectivity index (χ1v) is 7.82. The van der Waals surface area contributed by atoms with Gasteiger partial charge in [-0.3, -0.25) is 4.79 Å². The zero-order valence-electron chi connectivity index (χ0n) is 12.9. The van der Waals surface area contributed by atoms with Crippen molar-refractivity contribution in [3.05, 3.63) is 59.8 Å². The molecule has 4 nitrogen and oxygen atoms in total. The highest BCUT2D eigenvalue weighted by atomic mass is 19.1. The van der Waals surface area contributed by atoms with E-state index in [0.29, 0.717) is 12.2 Å². The Labute approximate surface area is 134 Å². The first-order chi connectivity index (χ1) is 11.0. The van der Waals surface area contributed by atoms with E-state index < -0.39 is 6.10 Å². The van der Waals surface area contributed by atoms with Crippen molar-refractivity contribution in [2.45, 2.75) is 37.8 Å². The minimum Gasteiger partial charge on any atom is -0.467 e. The number of aliphatic hydroxyl groups is 1. The second-order valence-corrected chi connectivity index (χ2v) is 6.18. The molecule has 0 saturated heterocycles. The van der Waals surface area contributed by atoms with Crippen molar-refractivity contribution in [3.8, 4) is 0 Å². The molecule has 1 saturated carbocycles. The van der Waals surface area contributed by atoms with Gasteiger partial charge < -0.3 is 14.8 Å². The van der Waals surface area contributed by atoms with Crippen LogP contribution in [0.1, 0.15) is 43.1 Å².